The summed E-state index contributed by atoms with van der Waals surface area (Å²) in [5.41, 5.74) is 1.14. The molecule has 0 atom stereocenters. The third kappa shape index (κ3) is 3.31. The molecule has 5 heteroatoms. The van der Waals surface area contributed by atoms with Crippen molar-refractivity contribution in [3.8, 4) is 6.07 Å². The molecular formula is C12H11ClN2O2. The van der Waals surface area contributed by atoms with Gasteiger partial charge < -0.3 is 10.4 Å². The fourth-order valence-electron chi connectivity index (χ4n) is 1.21. The first-order valence-corrected chi connectivity index (χ1v) is 5.25. The zero-order valence-corrected chi connectivity index (χ0v) is 9.95. The van der Waals surface area contributed by atoms with Crippen molar-refractivity contribution in [1.29, 1.82) is 5.26 Å². The molecule has 0 spiro atoms. The van der Waals surface area contributed by atoms with Gasteiger partial charge in [0.15, 0.2) is 0 Å². The van der Waals surface area contributed by atoms with Crippen LogP contribution in [0.1, 0.15) is 5.56 Å². The lowest BCUT2D eigenvalue weighted by atomic mass is 10.2. The Hall–Kier alpha value is -1.83. The van der Waals surface area contributed by atoms with Crippen molar-refractivity contribution >= 4 is 23.2 Å². The van der Waals surface area contributed by atoms with Gasteiger partial charge in [0.25, 0.3) is 5.91 Å². The van der Waals surface area contributed by atoms with E-state index < -0.39 is 5.91 Å². The number of halogens is 1. The normalized spacial score (nSPS) is 10.8. The van der Waals surface area contributed by atoms with Crippen molar-refractivity contribution in [3.05, 3.63) is 40.4 Å². The first-order chi connectivity index (χ1) is 8.10. The molecule has 1 rings (SSSR count). The zero-order chi connectivity index (χ0) is 12.8. The Morgan fingerprint density at radius 3 is 2.94 bits per heavy atom. The molecule has 1 amide bonds. The Morgan fingerprint density at radius 2 is 2.35 bits per heavy atom. The Labute approximate surface area is 104 Å². The predicted molar refractivity (Wildman–Crippen MR) is 65.6 cm³/mol. The van der Waals surface area contributed by atoms with Crippen LogP contribution in [0.5, 0.6) is 0 Å². The van der Waals surface area contributed by atoms with Crippen LogP contribution >= 0.6 is 11.6 Å². The quantitative estimate of drug-likeness (QED) is 0.637. The summed E-state index contributed by atoms with van der Waals surface area (Å²) in [5.74, 6) is -0.563. The molecule has 2 N–H and O–H groups in total. The van der Waals surface area contributed by atoms with E-state index in [0.29, 0.717) is 10.7 Å². The average molecular weight is 251 g/mol. The number of anilines is 1. The standard InChI is InChI=1S/C12H11ClN2O2/c1-8-10(13)3-2-4-11(8)15-12(17)9(7-14)5-6-16/h2-5,16H,6H2,1H3,(H,15,17). The molecule has 1 aromatic carbocycles. The van der Waals surface area contributed by atoms with E-state index >= 15 is 0 Å². The first kappa shape index (κ1) is 13.2. The van der Waals surface area contributed by atoms with E-state index in [9.17, 15) is 4.79 Å². The maximum Gasteiger partial charge on any atom is 0.266 e. The molecule has 0 saturated carbocycles. The Bertz CT molecular complexity index is 504. The maximum atomic E-state index is 11.6. The minimum atomic E-state index is -0.563. The van der Waals surface area contributed by atoms with Crippen LogP contribution in [0.2, 0.25) is 5.02 Å². The molecule has 0 radical (unpaired) electrons. The van der Waals surface area contributed by atoms with Gasteiger partial charge in [0.2, 0.25) is 0 Å². The summed E-state index contributed by atoms with van der Waals surface area (Å²) in [4.78, 5) is 11.6. The molecule has 0 aliphatic rings. The van der Waals surface area contributed by atoms with Crippen LogP contribution in [-0.4, -0.2) is 17.6 Å². The van der Waals surface area contributed by atoms with E-state index in [1.807, 2.05) is 0 Å². The second-order valence-corrected chi connectivity index (χ2v) is 3.69. The fraction of sp³-hybridized carbons (Fsp3) is 0.167. The van der Waals surface area contributed by atoms with E-state index in [0.717, 1.165) is 11.6 Å². The van der Waals surface area contributed by atoms with Crippen LogP contribution in [0.15, 0.2) is 29.8 Å². The molecule has 0 heterocycles. The summed E-state index contributed by atoms with van der Waals surface area (Å²) in [6, 6.07) is 6.81. The predicted octanol–water partition coefficient (Wildman–Crippen LogP) is 2.03. The van der Waals surface area contributed by atoms with Crippen molar-refractivity contribution in [2.45, 2.75) is 6.92 Å². The number of nitrogens with zero attached hydrogens (tertiary/aromatic N) is 1. The van der Waals surface area contributed by atoms with Crippen molar-refractivity contribution in [2.24, 2.45) is 0 Å². The van der Waals surface area contributed by atoms with Gasteiger partial charge in [0.05, 0.1) is 6.61 Å². The van der Waals surface area contributed by atoms with Gasteiger partial charge in [0.1, 0.15) is 11.6 Å². The van der Waals surface area contributed by atoms with Crippen molar-refractivity contribution in [2.75, 3.05) is 11.9 Å². The summed E-state index contributed by atoms with van der Waals surface area (Å²) in [6.45, 7) is 1.41. The molecule has 0 fully saturated rings. The Balaban J connectivity index is 2.93. The largest absolute Gasteiger partial charge is 0.392 e. The lowest BCUT2D eigenvalue weighted by Gasteiger charge is -2.08. The monoisotopic (exact) mass is 250 g/mol. The number of aliphatic hydroxyl groups is 1. The molecule has 0 aliphatic carbocycles. The van der Waals surface area contributed by atoms with Gasteiger partial charge in [-0.2, -0.15) is 5.26 Å². The summed E-state index contributed by atoms with van der Waals surface area (Å²) in [6.07, 6.45) is 1.15. The first-order valence-electron chi connectivity index (χ1n) is 4.87. The van der Waals surface area contributed by atoms with Crippen LogP contribution in [0.25, 0.3) is 0 Å². The molecule has 1 aromatic rings. The third-order valence-corrected chi connectivity index (χ3v) is 2.59. The molecule has 0 unspecified atom stereocenters. The highest BCUT2D eigenvalue weighted by Gasteiger charge is 2.10. The van der Waals surface area contributed by atoms with Gasteiger partial charge in [-0.05, 0) is 30.7 Å². The third-order valence-electron chi connectivity index (χ3n) is 2.18. The smallest absolute Gasteiger partial charge is 0.266 e. The average Bonchev–Trinajstić information content (AvgIpc) is 2.31. The van der Waals surface area contributed by atoms with Crippen molar-refractivity contribution < 1.29 is 9.90 Å². The lowest BCUT2D eigenvalue weighted by Crippen LogP contribution is -2.14. The maximum absolute atomic E-state index is 11.6. The van der Waals surface area contributed by atoms with Crippen LogP contribution in [0.3, 0.4) is 0 Å². The molecular weight excluding hydrogens is 240 g/mol. The van der Waals surface area contributed by atoms with E-state index in [-0.39, 0.29) is 12.2 Å². The topological polar surface area (TPSA) is 73.1 Å². The number of hydrogen-bond donors (Lipinski definition) is 2. The van der Waals surface area contributed by atoms with E-state index in [1.165, 1.54) is 0 Å². The molecule has 4 nitrogen and oxygen atoms in total. The number of carbonyl (C=O) groups excluding carboxylic acids is 1. The number of hydrogen-bond acceptors (Lipinski definition) is 3. The number of rotatable bonds is 3. The highest BCUT2D eigenvalue weighted by Crippen LogP contribution is 2.23. The van der Waals surface area contributed by atoms with Crippen LogP contribution in [0.4, 0.5) is 5.69 Å². The van der Waals surface area contributed by atoms with Crippen LogP contribution < -0.4 is 5.32 Å². The summed E-state index contributed by atoms with van der Waals surface area (Å²) in [7, 11) is 0. The molecule has 0 saturated heterocycles. The van der Waals surface area contributed by atoms with Gasteiger partial charge in [-0.3, -0.25) is 4.79 Å². The SMILES string of the molecule is Cc1c(Cl)cccc1NC(=O)C(C#N)=CCO. The Morgan fingerprint density at radius 1 is 1.65 bits per heavy atom. The number of nitrogens with one attached hydrogen (secondary N) is 1. The second-order valence-electron chi connectivity index (χ2n) is 3.28. The van der Waals surface area contributed by atoms with Crippen molar-refractivity contribution in [3.63, 3.8) is 0 Å². The van der Waals surface area contributed by atoms with Crippen molar-refractivity contribution in [1.82, 2.24) is 0 Å². The molecule has 0 aromatic heterocycles. The van der Waals surface area contributed by atoms with Gasteiger partial charge >= 0.3 is 0 Å². The summed E-state index contributed by atoms with van der Waals surface area (Å²) >= 11 is 5.90. The highest BCUT2D eigenvalue weighted by molar-refractivity contribution is 6.31. The number of nitriles is 1. The lowest BCUT2D eigenvalue weighted by molar-refractivity contribution is -0.112. The highest BCUT2D eigenvalue weighted by atomic mass is 35.5. The molecule has 0 bridgehead atoms. The van der Waals surface area contributed by atoms with E-state index in [1.54, 1.807) is 31.2 Å². The fourth-order valence-corrected chi connectivity index (χ4v) is 1.39. The summed E-state index contributed by atoms with van der Waals surface area (Å²) in [5, 5.41) is 20.5. The van der Waals surface area contributed by atoms with Gasteiger partial charge in [0, 0.05) is 10.7 Å². The van der Waals surface area contributed by atoms with Crippen LogP contribution in [-0.2, 0) is 4.79 Å². The number of amides is 1. The molecule has 17 heavy (non-hydrogen) atoms. The van der Waals surface area contributed by atoms with Gasteiger partial charge in [-0.25, -0.2) is 0 Å². The van der Waals surface area contributed by atoms with E-state index in [2.05, 4.69) is 5.32 Å². The number of aliphatic hydroxyl groups excluding tert-OH is 1. The minimum absolute atomic E-state index is 0.133. The minimum Gasteiger partial charge on any atom is -0.392 e. The Kier molecular flexibility index (Phi) is 4.70. The molecule has 0 aliphatic heterocycles. The summed E-state index contributed by atoms with van der Waals surface area (Å²) < 4.78 is 0. The molecule has 88 valence electrons. The van der Waals surface area contributed by atoms with Crippen LogP contribution in [0, 0.1) is 18.3 Å². The zero-order valence-electron chi connectivity index (χ0n) is 9.20. The van der Waals surface area contributed by atoms with E-state index in [4.69, 9.17) is 22.0 Å². The van der Waals surface area contributed by atoms with Gasteiger partial charge in [-0.15, -0.1) is 0 Å². The van der Waals surface area contributed by atoms with Gasteiger partial charge in [-0.1, -0.05) is 17.7 Å². The number of benzene rings is 1. The second kappa shape index (κ2) is 6.04. The number of carbonyl (C=O) groups is 1.